The van der Waals surface area contributed by atoms with Gasteiger partial charge in [0.15, 0.2) is 5.01 Å². The first-order chi connectivity index (χ1) is 8.95. The first-order valence-electron chi connectivity index (χ1n) is 6.27. The van der Waals surface area contributed by atoms with E-state index in [1.165, 1.54) is 18.2 Å². The Kier molecular flexibility index (Phi) is 3.03. The fraction of sp³-hybridized carbons (Fsp3) is 0.667. The summed E-state index contributed by atoms with van der Waals surface area (Å²) in [5, 5.41) is 0.254. The molecule has 0 aromatic carbocycles. The Bertz CT molecular complexity index is 495. The van der Waals surface area contributed by atoms with E-state index < -0.39 is 11.2 Å². The summed E-state index contributed by atoms with van der Waals surface area (Å²) in [6.45, 7) is 1.31. The van der Waals surface area contributed by atoms with Gasteiger partial charge in [-0.25, -0.2) is 4.98 Å². The van der Waals surface area contributed by atoms with E-state index in [1.54, 1.807) is 4.90 Å². The Labute approximate surface area is 112 Å². The molecular weight excluding hydrogens is 277 g/mol. The molecule has 0 bridgehead atoms. The molecule has 1 aromatic rings. The monoisotopic (exact) mass is 290 g/mol. The number of carbonyl (C=O) groups is 1. The van der Waals surface area contributed by atoms with Crippen molar-refractivity contribution < 1.29 is 18.0 Å². The summed E-state index contributed by atoms with van der Waals surface area (Å²) in [4.78, 5) is 17.1. The maximum atomic E-state index is 12.4. The van der Waals surface area contributed by atoms with Crippen LogP contribution in [0.5, 0.6) is 0 Å². The second kappa shape index (κ2) is 4.47. The van der Waals surface area contributed by atoms with E-state index in [0.717, 1.165) is 12.3 Å². The van der Waals surface area contributed by atoms with E-state index in [0.29, 0.717) is 30.3 Å². The average Bonchev–Trinajstić information content (AvgIpc) is 2.91. The first-order valence-corrected chi connectivity index (χ1v) is 7.15. The van der Waals surface area contributed by atoms with E-state index in [1.807, 2.05) is 0 Å². The standard InChI is InChI=1S/C12H13F3N2OS/c13-12(14,15)11-16-9(6-19-11)10(18)17-4-3-8(5-17)7-1-2-7/h6-8H,1-5H2. The van der Waals surface area contributed by atoms with Crippen molar-refractivity contribution in [3.63, 3.8) is 0 Å². The van der Waals surface area contributed by atoms with Crippen molar-refractivity contribution >= 4 is 17.2 Å². The summed E-state index contributed by atoms with van der Waals surface area (Å²) < 4.78 is 37.3. The molecule has 7 heteroatoms. The highest BCUT2D eigenvalue weighted by atomic mass is 32.1. The van der Waals surface area contributed by atoms with Gasteiger partial charge >= 0.3 is 6.18 Å². The van der Waals surface area contributed by atoms with Gasteiger partial charge in [0, 0.05) is 18.5 Å². The van der Waals surface area contributed by atoms with Gasteiger partial charge in [0.05, 0.1) is 0 Å². The molecule has 2 fully saturated rings. The highest BCUT2D eigenvalue weighted by molar-refractivity contribution is 7.09. The maximum Gasteiger partial charge on any atom is 0.443 e. The molecule has 2 aliphatic rings. The fourth-order valence-corrected chi connectivity index (χ4v) is 3.25. The Morgan fingerprint density at radius 1 is 1.32 bits per heavy atom. The van der Waals surface area contributed by atoms with Crippen LogP contribution in [0.4, 0.5) is 13.2 Å². The molecule has 0 radical (unpaired) electrons. The van der Waals surface area contributed by atoms with Crippen LogP contribution in [0.3, 0.4) is 0 Å². The minimum Gasteiger partial charge on any atom is -0.337 e. The predicted molar refractivity (Wildman–Crippen MR) is 63.9 cm³/mol. The molecule has 19 heavy (non-hydrogen) atoms. The summed E-state index contributed by atoms with van der Waals surface area (Å²) in [5.41, 5.74) is -0.0752. The largest absolute Gasteiger partial charge is 0.443 e. The van der Waals surface area contributed by atoms with Crippen LogP contribution in [-0.4, -0.2) is 28.9 Å². The number of thiazole rings is 1. The van der Waals surface area contributed by atoms with Crippen molar-refractivity contribution in [2.75, 3.05) is 13.1 Å². The van der Waals surface area contributed by atoms with E-state index in [4.69, 9.17) is 0 Å². The minimum absolute atomic E-state index is 0.0752. The molecule has 1 aromatic heterocycles. The third-order valence-corrected chi connectivity index (χ3v) is 4.65. The third-order valence-electron chi connectivity index (χ3n) is 3.77. The van der Waals surface area contributed by atoms with E-state index in [9.17, 15) is 18.0 Å². The molecule has 3 nitrogen and oxygen atoms in total. The molecule has 1 aliphatic heterocycles. The number of nitrogens with zero attached hydrogens (tertiary/aromatic N) is 2. The molecule has 1 unspecified atom stereocenters. The van der Waals surface area contributed by atoms with Crippen molar-refractivity contribution in [1.29, 1.82) is 0 Å². The Balaban J connectivity index is 1.68. The summed E-state index contributed by atoms with van der Waals surface area (Å²) in [5.74, 6) is 0.888. The Morgan fingerprint density at radius 2 is 2.05 bits per heavy atom. The highest BCUT2D eigenvalue weighted by Crippen LogP contribution is 2.41. The number of alkyl halides is 3. The number of carbonyl (C=O) groups excluding carboxylic acids is 1. The van der Waals surface area contributed by atoms with Gasteiger partial charge in [-0.3, -0.25) is 4.79 Å². The molecule has 1 atom stereocenters. The van der Waals surface area contributed by atoms with Crippen LogP contribution < -0.4 is 0 Å². The number of halogens is 3. The van der Waals surface area contributed by atoms with Gasteiger partial charge in [-0.1, -0.05) is 0 Å². The van der Waals surface area contributed by atoms with E-state index in [2.05, 4.69) is 4.98 Å². The van der Waals surface area contributed by atoms with Gasteiger partial charge in [-0.05, 0) is 31.1 Å². The van der Waals surface area contributed by atoms with Crippen molar-refractivity contribution in [3.8, 4) is 0 Å². The van der Waals surface area contributed by atoms with Gasteiger partial charge in [-0.15, -0.1) is 11.3 Å². The number of hydrogen-bond acceptors (Lipinski definition) is 3. The van der Waals surface area contributed by atoms with E-state index >= 15 is 0 Å². The zero-order valence-corrected chi connectivity index (χ0v) is 10.9. The van der Waals surface area contributed by atoms with Crippen LogP contribution in [-0.2, 0) is 6.18 Å². The molecule has 1 saturated heterocycles. The van der Waals surface area contributed by atoms with Crippen molar-refractivity contribution in [3.05, 3.63) is 16.1 Å². The molecule has 1 saturated carbocycles. The van der Waals surface area contributed by atoms with Crippen LogP contribution in [0.2, 0.25) is 0 Å². The maximum absolute atomic E-state index is 12.4. The second-order valence-electron chi connectivity index (χ2n) is 5.17. The van der Waals surface area contributed by atoms with Gasteiger partial charge < -0.3 is 4.90 Å². The highest BCUT2D eigenvalue weighted by Gasteiger charge is 2.39. The van der Waals surface area contributed by atoms with Crippen LogP contribution in [0.1, 0.15) is 34.8 Å². The Hall–Kier alpha value is -1.11. The molecule has 1 aliphatic carbocycles. The number of hydrogen-bond donors (Lipinski definition) is 0. The van der Waals surface area contributed by atoms with Crippen LogP contribution >= 0.6 is 11.3 Å². The summed E-state index contributed by atoms with van der Waals surface area (Å²) in [7, 11) is 0. The number of aromatic nitrogens is 1. The molecular formula is C12H13F3N2OS. The van der Waals surface area contributed by atoms with Crippen LogP contribution in [0.15, 0.2) is 5.38 Å². The van der Waals surface area contributed by atoms with Crippen molar-refractivity contribution in [2.24, 2.45) is 11.8 Å². The average molecular weight is 290 g/mol. The van der Waals surface area contributed by atoms with Gasteiger partial charge in [0.2, 0.25) is 0 Å². The van der Waals surface area contributed by atoms with E-state index in [-0.39, 0.29) is 11.6 Å². The second-order valence-corrected chi connectivity index (χ2v) is 6.03. The lowest BCUT2D eigenvalue weighted by Gasteiger charge is -2.14. The summed E-state index contributed by atoms with van der Waals surface area (Å²) >= 11 is 0.479. The lowest BCUT2D eigenvalue weighted by atomic mass is 10.0. The molecule has 2 heterocycles. The zero-order valence-electron chi connectivity index (χ0n) is 10.1. The predicted octanol–water partition coefficient (Wildman–Crippen LogP) is 3.03. The third kappa shape index (κ3) is 2.61. The topological polar surface area (TPSA) is 33.2 Å². The number of amides is 1. The van der Waals surface area contributed by atoms with Crippen molar-refractivity contribution in [2.45, 2.75) is 25.4 Å². The fourth-order valence-electron chi connectivity index (χ4n) is 2.59. The summed E-state index contributed by atoms with van der Waals surface area (Å²) in [6, 6.07) is 0. The smallest absolute Gasteiger partial charge is 0.337 e. The van der Waals surface area contributed by atoms with Gasteiger partial charge in [-0.2, -0.15) is 13.2 Å². The zero-order chi connectivity index (χ0) is 13.6. The number of rotatable bonds is 2. The first kappa shape index (κ1) is 12.9. The molecule has 104 valence electrons. The number of likely N-dealkylation sites (tertiary alicyclic amines) is 1. The quantitative estimate of drug-likeness (QED) is 0.839. The lowest BCUT2D eigenvalue weighted by molar-refractivity contribution is -0.137. The SMILES string of the molecule is O=C(c1csc(C(F)(F)F)n1)N1CCC(C2CC2)C1. The van der Waals surface area contributed by atoms with Gasteiger partial charge in [0.1, 0.15) is 5.69 Å². The molecule has 3 rings (SSSR count). The minimum atomic E-state index is -4.47. The summed E-state index contributed by atoms with van der Waals surface area (Å²) in [6.07, 6.45) is -1.05. The molecule has 0 N–H and O–H groups in total. The molecule has 1 amide bonds. The Morgan fingerprint density at radius 3 is 2.63 bits per heavy atom. The van der Waals surface area contributed by atoms with Gasteiger partial charge in [0.25, 0.3) is 5.91 Å². The lowest BCUT2D eigenvalue weighted by Crippen LogP contribution is -2.29. The normalized spacial score (nSPS) is 23.9. The molecule has 0 spiro atoms. The van der Waals surface area contributed by atoms with Crippen molar-refractivity contribution in [1.82, 2.24) is 9.88 Å². The van der Waals surface area contributed by atoms with Crippen LogP contribution in [0, 0.1) is 11.8 Å². The van der Waals surface area contributed by atoms with Crippen LogP contribution in [0.25, 0.3) is 0 Å².